The van der Waals surface area contributed by atoms with Crippen molar-refractivity contribution in [1.82, 2.24) is 5.32 Å². The molecule has 1 aromatic heterocycles. The molecule has 1 aromatic rings. The summed E-state index contributed by atoms with van der Waals surface area (Å²) in [5.41, 5.74) is 1.34. The molecule has 0 aliphatic carbocycles. The number of esters is 1. The van der Waals surface area contributed by atoms with Crippen LogP contribution in [0.5, 0.6) is 0 Å². The van der Waals surface area contributed by atoms with Crippen LogP contribution in [0.3, 0.4) is 0 Å². The molecule has 1 saturated heterocycles. The second kappa shape index (κ2) is 6.58. The van der Waals surface area contributed by atoms with Gasteiger partial charge in [-0.15, -0.1) is 11.3 Å². The summed E-state index contributed by atoms with van der Waals surface area (Å²) in [6.45, 7) is 6.73. The van der Waals surface area contributed by atoms with Crippen LogP contribution in [0.2, 0.25) is 0 Å². The highest BCUT2D eigenvalue weighted by Gasteiger charge is 2.29. The zero-order chi connectivity index (χ0) is 15.6. The topological polar surface area (TPSA) is 67.4 Å². The minimum absolute atomic E-state index is 0.0754. The molecule has 5 nitrogen and oxygen atoms in total. The molecule has 1 aliphatic rings. The first-order valence-electron chi connectivity index (χ1n) is 7.18. The highest BCUT2D eigenvalue weighted by molar-refractivity contribution is 7.16. The Morgan fingerprint density at radius 1 is 1.38 bits per heavy atom. The summed E-state index contributed by atoms with van der Waals surface area (Å²) >= 11 is 1.42. The summed E-state index contributed by atoms with van der Waals surface area (Å²) in [7, 11) is 1.35. The fraction of sp³-hybridized carbons (Fsp3) is 0.600. The molecule has 2 rings (SSSR count). The van der Waals surface area contributed by atoms with Crippen LogP contribution in [0.15, 0.2) is 0 Å². The summed E-state index contributed by atoms with van der Waals surface area (Å²) < 4.78 is 4.82. The first-order chi connectivity index (χ1) is 9.95. The Morgan fingerprint density at radius 2 is 2.10 bits per heavy atom. The van der Waals surface area contributed by atoms with E-state index in [0.29, 0.717) is 16.5 Å². The summed E-state index contributed by atoms with van der Waals surface area (Å²) in [6.07, 6.45) is 2.13. The number of carbonyl (C=O) groups excluding carboxylic acids is 2. The van der Waals surface area contributed by atoms with E-state index in [1.807, 2.05) is 13.8 Å². The van der Waals surface area contributed by atoms with Gasteiger partial charge < -0.3 is 15.4 Å². The van der Waals surface area contributed by atoms with E-state index < -0.39 is 5.97 Å². The molecule has 2 atom stereocenters. The van der Waals surface area contributed by atoms with E-state index in [1.54, 1.807) is 0 Å². The highest BCUT2D eigenvalue weighted by Crippen LogP contribution is 2.33. The predicted molar refractivity (Wildman–Crippen MR) is 84.0 cm³/mol. The first-order valence-corrected chi connectivity index (χ1v) is 8.00. The number of methoxy groups -OCH3 is 1. The maximum absolute atomic E-state index is 12.4. The minimum atomic E-state index is -0.406. The minimum Gasteiger partial charge on any atom is -0.465 e. The van der Waals surface area contributed by atoms with Gasteiger partial charge in [0.15, 0.2) is 0 Å². The van der Waals surface area contributed by atoms with Crippen LogP contribution in [0.4, 0.5) is 5.00 Å². The van der Waals surface area contributed by atoms with Gasteiger partial charge >= 0.3 is 5.97 Å². The van der Waals surface area contributed by atoms with Crippen molar-refractivity contribution < 1.29 is 14.3 Å². The second-order valence-electron chi connectivity index (χ2n) is 5.52. The van der Waals surface area contributed by atoms with Crippen molar-refractivity contribution in [2.75, 3.05) is 19.0 Å². The van der Waals surface area contributed by atoms with Crippen LogP contribution >= 0.6 is 11.3 Å². The van der Waals surface area contributed by atoms with Gasteiger partial charge in [-0.3, -0.25) is 4.79 Å². The third-order valence-corrected chi connectivity index (χ3v) is 5.19. The van der Waals surface area contributed by atoms with Crippen molar-refractivity contribution >= 4 is 28.2 Å². The number of hydrogen-bond acceptors (Lipinski definition) is 5. The van der Waals surface area contributed by atoms with Crippen LogP contribution in [-0.4, -0.2) is 31.6 Å². The molecule has 1 fully saturated rings. The lowest BCUT2D eigenvalue weighted by Gasteiger charge is -2.28. The predicted octanol–water partition coefficient (Wildman–Crippen LogP) is 2.48. The van der Waals surface area contributed by atoms with Gasteiger partial charge in [0.25, 0.3) is 0 Å². The van der Waals surface area contributed by atoms with Crippen molar-refractivity contribution in [2.24, 2.45) is 5.92 Å². The average molecular weight is 310 g/mol. The summed E-state index contributed by atoms with van der Waals surface area (Å²) in [4.78, 5) is 25.4. The van der Waals surface area contributed by atoms with E-state index in [1.165, 1.54) is 18.4 Å². The Kier molecular flexibility index (Phi) is 5.00. The normalized spacial score (nSPS) is 21.9. The molecule has 0 saturated carbocycles. The SMILES string of the molecule is COC(=O)c1c(NC(=O)C2NCCCC2C)sc(C)c1C. The number of aryl methyl sites for hydroxylation is 1. The van der Waals surface area contributed by atoms with E-state index in [9.17, 15) is 9.59 Å². The fourth-order valence-corrected chi connectivity index (χ4v) is 3.70. The molecule has 1 amide bonds. The third kappa shape index (κ3) is 3.27. The molecule has 2 N–H and O–H groups in total. The second-order valence-corrected chi connectivity index (χ2v) is 6.74. The van der Waals surface area contributed by atoms with Crippen LogP contribution < -0.4 is 10.6 Å². The van der Waals surface area contributed by atoms with Gasteiger partial charge in [-0.2, -0.15) is 0 Å². The lowest BCUT2D eigenvalue weighted by molar-refractivity contribution is -0.119. The Hall–Kier alpha value is -1.40. The molecule has 116 valence electrons. The van der Waals surface area contributed by atoms with Crippen molar-refractivity contribution in [3.63, 3.8) is 0 Å². The molecular weight excluding hydrogens is 288 g/mol. The number of ether oxygens (including phenoxy) is 1. The molecule has 6 heteroatoms. The summed E-state index contributed by atoms with van der Waals surface area (Å²) in [5, 5.41) is 6.74. The largest absolute Gasteiger partial charge is 0.465 e. The highest BCUT2D eigenvalue weighted by atomic mass is 32.1. The van der Waals surface area contributed by atoms with Gasteiger partial charge in [0.1, 0.15) is 5.00 Å². The van der Waals surface area contributed by atoms with Crippen molar-refractivity contribution in [3.8, 4) is 0 Å². The zero-order valence-corrected chi connectivity index (χ0v) is 13.7. The molecule has 2 unspecified atom stereocenters. The van der Waals surface area contributed by atoms with Gasteiger partial charge in [0.2, 0.25) is 5.91 Å². The van der Waals surface area contributed by atoms with E-state index in [-0.39, 0.29) is 11.9 Å². The average Bonchev–Trinajstić information content (AvgIpc) is 2.73. The number of hydrogen-bond donors (Lipinski definition) is 2. The molecule has 21 heavy (non-hydrogen) atoms. The number of rotatable bonds is 3. The zero-order valence-electron chi connectivity index (χ0n) is 12.9. The monoisotopic (exact) mass is 310 g/mol. The van der Waals surface area contributed by atoms with Crippen molar-refractivity contribution in [3.05, 3.63) is 16.0 Å². The van der Waals surface area contributed by atoms with E-state index in [2.05, 4.69) is 17.6 Å². The number of carbonyl (C=O) groups is 2. The standard InChI is InChI=1S/C15H22N2O3S/c1-8-6-5-7-16-12(8)13(18)17-14-11(15(19)20-4)9(2)10(3)21-14/h8,12,16H,5-7H2,1-4H3,(H,17,18). The van der Waals surface area contributed by atoms with Crippen LogP contribution in [0, 0.1) is 19.8 Å². The molecule has 0 radical (unpaired) electrons. The smallest absolute Gasteiger partial charge is 0.341 e. The van der Waals surface area contributed by atoms with Gasteiger partial charge in [-0.05, 0) is 44.7 Å². The number of amides is 1. The Bertz CT molecular complexity index is 553. The molecule has 0 aromatic carbocycles. The van der Waals surface area contributed by atoms with E-state index >= 15 is 0 Å². The van der Waals surface area contributed by atoms with Crippen molar-refractivity contribution in [1.29, 1.82) is 0 Å². The Labute approximate surface area is 129 Å². The molecule has 1 aliphatic heterocycles. The van der Waals surface area contributed by atoms with Gasteiger partial charge in [-0.1, -0.05) is 6.92 Å². The molecule has 2 heterocycles. The lowest BCUT2D eigenvalue weighted by Crippen LogP contribution is -2.48. The third-order valence-electron chi connectivity index (χ3n) is 4.06. The Balaban J connectivity index is 2.21. The van der Waals surface area contributed by atoms with E-state index in [0.717, 1.165) is 29.8 Å². The van der Waals surface area contributed by atoms with Gasteiger partial charge in [-0.25, -0.2) is 4.79 Å². The van der Waals surface area contributed by atoms with Gasteiger partial charge in [0, 0.05) is 4.88 Å². The van der Waals surface area contributed by atoms with Crippen molar-refractivity contribution in [2.45, 2.75) is 39.7 Å². The fourth-order valence-electron chi connectivity index (χ4n) is 2.65. The lowest BCUT2D eigenvalue weighted by atomic mass is 9.92. The summed E-state index contributed by atoms with van der Waals surface area (Å²) in [6, 6.07) is -0.202. The number of piperidine rings is 1. The quantitative estimate of drug-likeness (QED) is 0.842. The maximum Gasteiger partial charge on any atom is 0.341 e. The number of nitrogens with one attached hydrogen (secondary N) is 2. The van der Waals surface area contributed by atoms with Crippen LogP contribution in [-0.2, 0) is 9.53 Å². The molecule has 0 spiro atoms. The number of thiophene rings is 1. The Morgan fingerprint density at radius 3 is 2.71 bits per heavy atom. The maximum atomic E-state index is 12.4. The van der Waals surface area contributed by atoms with Gasteiger partial charge in [0.05, 0.1) is 18.7 Å². The number of anilines is 1. The van der Waals surface area contributed by atoms with Crippen LogP contribution in [0.25, 0.3) is 0 Å². The summed E-state index contributed by atoms with van der Waals surface area (Å²) in [5.74, 6) is -0.187. The van der Waals surface area contributed by atoms with E-state index in [4.69, 9.17) is 4.74 Å². The van der Waals surface area contributed by atoms with Crippen LogP contribution in [0.1, 0.15) is 40.6 Å². The molecular formula is C15H22N2O3S. The molecule has 0 bridgehead atoms. The first kappa shape index (κ1) is 16.0.